The van der Waals surface area contributed by atoms with Crippen LogP contribution in [0.25, 0.3) is 0 Å². The summed E-state index contributed by atoms with van der Waals surface area (Å²) in [4.78, 5) is 19.1. The van der Waals surface area contributed by atoms with Crippen LogP contribution in [0.15, 0.2) is 66.9 Å². The summed E-state index contributed by atoms with van der Waals surface area (Å²) in [5.74, 6) is 1.96. The van der Waals surface area contributed by atoms with Crippen LogP contribution < -0.4 is 14.8 Å². The van der Waals surface area contributed by atoms with Crippen molar-refractivity contribution >= 4 is 17.4 Å². The average molecular weight is 391 g/mol. The molecule has 29 heavy (non-hydrogen) atoms. The number of hydrogen-bond donors (Lipinski definition) is 1. The molecule has 0 fully saturated rings. The van der Waals surface area contributed by atoms with Crippen molar-refractivity contribution in [2.24, 2.45) is 0 Å². The second kappa shape index (κ2) is 9.59. The smallest absolute Gasteiger partial charge is 0.257 e. The molecule has 1 N–H and O–H groups in total. The molecule has 150 valence electrons. The summed E-state index contributed by atoms with van der Waals surface area (Å²) in [6.07, 6.45) is 1.66. The Hall–Kier alpha value is -3.54. The summed E-state index contributed by atoms with van der Waals surface area (Å²) in [6, 6.07) is 18.8. The van der Waals surface area contributed by atoms with E-state index in [0.29, 0.717) is 24.5 Å². The maximum atomic E-state index is 13.0. The number of anilines is 2. The Labute approximate surface area is 171 Å². The van der Waals surface area contributed by atoms with Crippen molar-refractivity contribution in [1.29, 1.82) is 0 Å². The van der Waals surface area contributed by atoms with E-state index in [1.54, 1.807) is 37.4 Å². The highest BCUT2D eigenvalue weighted by Crippen LogP contribution is 2.23. The standard InChI is InChI=1S/C23H25N3O3/c1-4-29-19-12-10-18(11-13-19)25-22-21(9-6-14-24-22)23(27)26(2)16-17-7-5-8-20(15-17)28-3/h5-15H,4,16H2,1-3H3,(H,24,25). The normalized spacial score (nSPS) is 10.3. The lowest BCUT2D eigenvalue weighted by Gasteiger charge is -2.19. The van der Waals surface area contributed by atoms with Crippen LogP contribution in [-0.4, -0.2) is 36.6 Å². The van der Waals surface area contributed by atoms with E-state index >= 15 is 0 Å². The minimum atomic E-state index is -0.116. The fourth-order valence-electron chi connectivity index (χ4n) is 2.94. The molecular formula is C23H25N3O3. The Bertz CT molecular complexity index is 958. The molecule has 2 aromatic carbocycles. The predicted octanol–water partition coefficient (Wildman–Crippen LogP) is 4.50. The molecule has 0 saturated heterocycles. The largest absolute Gasteiger partial charge is 0.497 e. The summed E-state index contributed by atoms with van der Waals surface area (Å²) in [6.45, 7) is 3.03. The lowest BCUT2D eigenvalue weighted by Crippen LogP contribution is -2.27. The molecule has 1 heterocycles. The second-order valence-corrected chi connectivity index (χ2v) is 6.49. The van der Waals surface area contributed by atoms with E-state index in [4.69, 9.17) is 9.47 Å². The molecule has 0 aliphatic carbocycles. The first-order valence-corrected chi connectivity index (χ1v) is 9.44. The lowest BCUT2D eigenvalue weighted by molar-refractivity contribution is 0.0785. The van der Waals surface area contributed by atoms with E-state index in [-0.39, 0.29) is 5.91 Å². The number of rotatable bonds is 8. The Balaban J connectivity index is 1.75. The average Bonchev–Trinajstić information content (AvgIpc) is 2.75. The van der Waals surface area contributed by atoms with Gasteiger partial charge in [-0.05, 0) is 61.0 Å². The monoisotopic (exact) mass is 391 g/mol. The fraction of sp³-hybridized carbons (Fsp3) is 0.217. The fourth-order valence-corrected chi connectivity index (χ4v) is 2.94. The Morgan fingerprint density at radius 1 is 1.07 bits per heavy atom. The Morgan fingerprint density at radius 2 is 1.86 bits per heavy atom. The van der Waals surface area contributed by atoms with Crippen molar-refractivity contribution < 1.29 is 14.3 Å². The summed E-state index contributed by atoms with van der Waals surface area (Å²) in [5.41, 5.74) is 2.33. The predicted molar refractivity (Wildman–Crippen MR) is 114 cm³/mol. The summed E-state index contributed by atoms with van der Waals surface area (Å²) in [5, 5.41) is 3.23. The summed E-state index contributed by atoms with van der Waals surface area (Å²) < 4.78 is 10.7. The first-order valence-electron chi connectivity index (χ1n) is 9.44. The van der Waals surface area contributed by atoms with Gasteiger partial charge in [-0.15, -0.1) is 0 Å². The number of ether oxygens (including phenoxy) is 2. The zero-order valence-electron chi connectivity index (χ0n) is 16.9. The van der Waals surface area contributed by atoms with Crippen LogP contribution in [0.2, 0.25) is 0 Å². The molecule has 0 bridgehead atoms. The minimum absolute atomic E-state index is 0.116. The van der Waals surface area contributed by atoms with Crippen molar-refractivity contribution in [2.75, 3.05) is 26.1 Å². The molecule has 6 heteroatoms. The van der Waals surface area contributed by atoms with E-state index in [9.17, 15) is 4.79 Å². The van der Waals surface area contributed by atoms with Gasteiger partial charge in [0, 0.05) is 25.5 Å². The number of nitrogens with one attached hydrogen (secondary N) is 1. The molecule has 3 rings (SSSR count). The maximum Gasteiger partial charge on any atom is 0.257 e. The molecule has 1 amide bonds. The first kappa shape index (κ1) is 20.2. The number of nitrogens with zero attached hydrogens (tertiary/aromatic N) is 2. The zero-order chi connectivity index (χ0) is 20.6. The number of carbonyl (C=O) groups is 1. The number of amides is 1. The van der Waals surface area contributed by atoms with Crippen LogP contribution in [0.5, 0.6) is 11.5 Å². The summed E-state index contributed by atoms with van der Waals surface area (Å²) >= 11 is 0. The van der Waals surface area contributed by atoms with Gasteiger partial charge in [-0.1, -0.05) is 12.1 Å². The molecule has 0 saturated carbocycles. The van der Waals surface area contributed by atoms with Gasteiger partial charge >= 0.3 is 0 Å². The van der Waals surface area contributed by atoms with Gasteiger partial charge in [-0.25, -0.2) is 4.98 Å². The van der Waals surface area contributed by atoms with Crippen molar-refractivity contribution in [3.05, 3.63) is 78.0 Å². The minimum Gasteiger partial charge on any atom is -0.497 e. The molecule has 6 nitrogen and oxygen atoms in total. The van der Waals surface area contributed by atoms with Gasteiger partial charge in [0.05, 0.1) is 19.3 Å². The molecule has 0 unspecified atom stereocenters. The van der Waals surface area contributed by atoms with Crippen molar-refractivity contribution in [3.8, 4) is 11.5 Å². The van der Waals surface area contributed by atoms with Crippen molar-refractivity contribution in [1.82, 2.24) is 9.88 Å². The van der Waals surface area contributed by atoms with Crippen molar-refractivity contribution in [3.63, 3.8) is 0 Å². The molecule has 0 aliphatic heterocycles. The highest BCUT2D eigenvalue weighted by atomic mass is 16.5. The summed E-state index contributed by atoms with van der Waals surface area (Å²) in [7, 11) is 3.40. The number of pyridine rings is 1. The lowest BCUT2D eigenvalue weighted by atomic mass is 10.1. The number of hydrogen-bond acceptors (Lipinski definition) is 5. The van der Waals surface area contributed by atoms with Gasteiger partial charge in [0.15, 0.2) is 0 Å². The molecule has 3 aromatic rings. The number of aromatic nitrogens is 1. The van der Waals surface area contributed by atoms with Crippen LogP contribution in [-0.2, 0) is 6.54 Å². The Kier molecular flexibility index (Phi) is 6.68. The van der Waals surface area contributed by atoms with Crippen LogP contribution in [0.4, 0.5) is 11.5 Å². The highest BCUT2D eigenvalue weighted by Gasteiger charge is 2.17. The van der Waals surface area contributed by atoms with E-state index in [2.05, 4.69) is 10.3 Å². The van der Waals surface area contributed by atoms with E-state index in [0.717, 1.165) is 22.7 Å². The third-order valence-corrected chi connectivity index (χ3v) is 4.37. The van der Waals surface area contributed by atoms with Crippen molar-refractivity contribution in [2.45, 2.75) is 13.5 Å². The number of benzene rings is 2. The van der Waals surface area contributed by atoms with Gasteiger partial charge in [0.25, 0.3) is 5.91 Å². The van der Waals surface area contributed by atoms with Crippen LogP contribution in [0.1, 0.15) is 22.8 Å². The zero-order valence-corrected chi connectivity index (χ0v) is 16.9. The third-order valence-electron chi connectivity index (χ3n) is 4.37. The van der Waals surface area contributed by atoms with E-state index in [1.165, 1.54) is 0 Å². The quantitative estimate of drug-likeness (QED) is 0.612. The van der Waals surface area contributed by atoms with Gasteiger partial charge < -0.3 is 19.7 Å². The Morgan fingerprint density at radius 3 is 2.59 bits per heavy atom. The van der Waals surface area contributed by atoms with Crippen LogP contribution in [0, 0.1) is 0 Å². The molecule has 0 aliphatic rings. The molecular weight excluding hydrogens is 366 g/mol. The number of carbonyl (C=O) groups excluding carboxylic acids is 1. The van der Waals surface area contributed by atoms with E-state index < -0.39 is 0 Å². The SMILES string of the molecule is CCOc1ccc(Nc2ncccc2C(=O)N(C)Cc2cccc(OC)c2)cc1. The van der Waals surface area contributed by atoms with Gasteiger partial charge in [0.2, 0.25) is 0 Å². The van der Waals surface area contributed by atoms with Gasteiger partial charge in [-0.3, -0.25) is 4.79 Å². The molecule has 1 aromatic heterocycles. The second-order valence-electron chi connectivity index (χ2n) is 6.49. The van der Waals surface area contributed by atoms with Crippen LogP contribution >= 0.6 is 0 Å². The molecule has 0 atom stereocenters. The topological polar surface area (TPSA) is 63.7 Å². The highest BCUT2D eigenvalue weighted by molar-refractivity contribution is 5.99. The van der Waals surface area contributed by atoms with Crippen LogP contribution in [0.3, 0.4) is 0 Å². The third kappa shape index (κ3) is 5.25. The molecule has 0 spiro atoms. The van der Waals surface area contributed by atoms with Gasteiger partial charge in [0.1, 0.15) is 17.3 Å². The number of methoxy groups -OCH3 is 1. The molecule has 0 radical (unpaired) electrons. The first-order chi connectivity index (χ1) is 14.1. The van der Waals surface area contributed by atoms with Gasteiger partial charge in [-0.2, -0.15) is 0 Å². The van der Waals surface area contributed by atoms with E-state index in [1.807, 2.05) is 55.5 Å². The maximum absolute atomic E-state index is 13.0.